The summed E-state index contributed by atoms with van der Waals surface area (Å²) in [6.07, 6.45) is 1.77. The number of amides is 1. The van der Waals surface area contributed by atoms with Crippen LogP contribution in [0.2, 0.25) is 0 Å². The topological polar surface area (TPSA) is 72.7 Å². The lowest BCUT2D eigenvalue weighted by atomic mass is 9.95. The summed E-state index contributed by atoms with van der Waals surface area (Å²) < 4.78 is 2.06. The highest BCUT2D eigenvalue weighted by Gasteiger charge is 2.21. The zero-order chi connectivity index (χ0) is 18.9. The van der Waals surface area contributed by atoms with Gasteiger partial charge in [-0.2, -0.15) is 0 Å². The monoisotopic (exact) mass is 369 g/mol. The van der Waals surface area contributed by atoms with Crippen LogP contribution in [0.25, 0.3) is 11.0 Å². The van der Waals surface area contributed by atoms with Gasteiger partial charge in [0.2, 0.25) is 5.91 Å². The van der Waals surface area contributed by atoms with Crippen LogP contribution in [-0.2, 0) is 17.6 Å². The second-order valence-corrected chi connectivity index (χ2v) is 8.21. The largest absolute Gasteiger partial charge is 0.330 e. The van der Waals surface area contributed by atoms with Crippen molar-refractivity contribution in [3.05, 3.63) is 42.0 Å². The number of carbonyl (C=O) groups excluding carboxylic acids is 1. The normalized spacial score (nSPS) is 11.7. The molecule has 0 saturated heterocycles. The number of anilines is 1. The quantitative estimate of drug-likeness (QED) is 0.557. The minimum Gasteiger partial charge on any atom is -0.330 e. The summed E-state index contributed by atoms with van der Waals surface area (Å²) in [5.74, 6) is 1.60. The van der Waals surface area contributed by atoms with Crippen LogP contribution >= 0.6 is 11.8 Å². The standard InChI is InChI=1S/C19H23N5OS/c1-12-8-9-20-18(21-12)26-11-16-23-14-10-13(6-7-15(14)24(16)5)22-17(25)19(2,3)4/h6-10H,11H2,1-5H3,(H,22,25). The van der Waals surface area contributed by atoms with Crippen molar-refractivity contribution < 1.29 is 4.79 Å². The molecule has 0 unspecified atom stereocenters. The Hall–Kier alpha value is -2.41. The van der Waals surface area contributed by atoms with E-state index in [9.17, 15) is 4.79 Å². The van der Waals surface area contributed by atoms with E-state index in [0.717, 1.165) is 33.4 Å². The van der Waals surface area contributed by atoms with Crippen molar-refractivity contribution in [3.63, 3.8) is 0 Å². The Morgan fingerprint density at radius 3 is 2.69 bits per heavy atom. The zero-order valence-electron chi connectivity index (χ0n) is 15.7. The number of thioether (sulfide) groups is 1. The van der Waals surface area contributed by atoms with Crippen molar-refractivity contribution in [3.8, 4) is 0 Å². The van der Waals surface area contributed by atoms with E-state index < -0.39 is 5.41 Å². The number of carbonyl (C=O) groups is 1. The summed E-state index contributed by atoms with van der Waals surface area (Å²) in [6, 6.07) is 7.69. The molecule has 7 heteroatoms. The third kappa shape index (κ3) is 4.04. The van der Waals surface area contributed by atoms with Gasteiger partial charge in [0.05, 0.1) is 16.8 Å². The van der Waals surface area contributed by atoms with E-state index in [-0.39, 0.29) is 5.91 Å². The van der Waals surface area contributed by atoms with Crippen LogP contribution in [0.4, 0.5) is 5.69 Å². The summed E-state index contributed by atoms with van der Waals surface area (Å²) in [4.78, 5) is 25.6. The van der Waals surface area contributed by atoms with Crippen molar-refractivity contribution in [2.24, 2.45) is 12.5 Å². The van der Waals surface area contributed by atoms with Crippen molar-refractivity contribution >= 4 is 34.4 Å². The maximum atomic E-state index is 12.2. The Morgan fingerprint density at radius 2 is 2.00 bits per heavy atom. The molecule has 0 aliphatic carbocycles. The smallest absolute Gasteiger partial charge is 0.229 e. The number of fused-ring (bicyclic) bond motifs is 1. The number of imidazole rings is 1. The van der Waals surface area contributed by atoms with E-state index in [1.54, 1.807) is 18.0 Å². The van der Waals surface area contributed by atoms with Crippen molar-refractivity contribution in [2.75, 3.05) is 5.32 Å². The van der Waals surface area contributed by atoms with Crippen LogP contribution in [0, 0.1) is 12.3 Å². The fraction of sp³-hybridized carbons (Fsp3) is 0.368. The maximum absolute atomic E-state index is 12.2. The molecule has 0 radical (unpaired) electrons. The molecule has 0 spiro atoms. The van der Waals surface area contributed by atoms with Crippen LogP contribution in [-0.4, -0.2) is 25.4 Å². The molecule has 0 atom stereocenters. The Bertz CT molecular complexity index is 958. The molecule has 0 aliphatic heterocycles. The van der Waals surface area contributed by atoms with E-state index in [1.165, 1.54) is 0 Å². The molecule has 1 amide bonds. The molecule has 26 heavy (non-hydrogen) atoms. The number of aromatic nitrogens is 4. The van der Waals surface area contributed by atoms with Gasteiger partial charge in [-0.05, 0) is 31.2 Å². The number of hydrogen-bond donors (Lipinski definition) is 1. The molecule has 1 N–H and O–H groups in total. The number of rotatable bonds is 4. The summed E-state index contributed by atoms with van der Waals surface area (Å²) >= 11 is 1.56. The van der Waals surface area contributed by atoms with Gasteiger partial charge in [0, 0.05) is 30.0 Å². The summed E-state index contributed by atoms with van der Waals surface area (Å²) in [5, 5.41) is 3.70. The maximum Gasteiger partial charge on any atom is 0.229 e. The minimum atomic E-state index is -0.436. The predicted molar refractivity (Wildman–Crippen MR) is 105 cm³/mol. The first-order chi connectivity index (χ1) is 12.2. The van der Waals surface area contributed by atoms with Gasteiger partial charge in [-0.3, -0.25) is 4.79 Å². The second kappa shape index (κ2) is 7.07. The Morgan fingerprint density at radius 1 is 1.23 bits per heavy atom. The van der Waals surface area contributed by atoms with E-state index in [2.05, 4.69) is 19.9 Å². The van der Waals surface area contributed by atoms with E-state index in [4.69, 9.17) is 4.98 Å². The van der Waals surface area contributed by atoms with Crippen molar-refractivity contribution in [2.45, 2.75) is 38.6 Å². The molecule has 3 aromatic rings. The molecule has 3 rings (SSSR count). The Kier molecular flexibility index (Phi) is 5.00. The van der Waals surface area contributed by atoms with Crippen LogP contribution < -0.4 is 5.32 Å². The van der Waals surface area contributed by atoms with Crippen LogP contribution in [0.5, 0.6) is 0 Å². The number of nitrogens with zero attached hydrogens (tertiary/aromatic N) is 4. The van der Waals surface area contributed by atoms with Crippen molar-refractivity contribution in [1.29, 1.82) is 0 Å². The first-order valence-electron chi connectivity index (χ1n) is 8.43. The minimum absolute atomic E-state index is 0.0137. The molecule has 0 bridgehead atoms. The fourth-order valence-corrected chi connectivity index (χ4v) is 3.26. The summed E-state index contributed by atoms with van der Waals surface area (Å²) in [7, 11) is 2.00. The van der Waals surface area contributed by atoms with Gasteiger partial charge in [0.15, 0.2) is 5.16 Å². The molecule has 136 valence electrons. The van der Waals surface area contributed by atoms with Crippen LogP contribution in [0.15, 0.2) is 35.6 Å². The first kappa shape index (κ1) is 18.4. The summed E-state index contributed by atoms with van der Waals surface area (Å²) in [6.45, 7) is 7.63. The van der Waals surface area contributed by atoms with Gasteiger partial charge in [0.25, 0.3) is 0 Å². The third-order valence-electron chi connectivity index (χ3n) is 4.02. The molecule has 0 fully saturated rings. The molecule has 2 aromatic heterocycles. The highest BCUT2D eigenvalue weighted by atomic mass is 32.2. The fourth-order valence-electron chi connectivity index (χ4n) is 2.40. The van der Waals surface area contributed by atoms with Crippen LogP contribution in [0.1, 0.15) is 32.3 Å². The molecular formula is C19H23N5OS. The molecule has 0 saturated carbocycles. The number of benzene rings is 1. The number of nitrogens with one attached hydrogen (secondary N) is 1. The molecule has 2 heterocycles. The molecule has 6 nitrogen and oxygen atoms in total. The highest BCUT2D eigenvalue weighted by Crippen LogP contribution is 2.25. The van der Waals surface area contributed by atoms with Crippen LogP contribution in [0.3, 0.4) is 0 Å². The van der Waals surface area contributed by atoms with Gasteiger partial charge in [-0.1, -0.05) is 32.5 Å². The second-order valence-electron chi connectivity index (χ2n) is 7.26. The molecule has 0 aliphatic rings. The van der Waals surface area contributed by atoms with Gasteiger partial charge in [0.1, 0.15) is 5.82 Å². The predicted octanol–water partition coefficient (Wildman–Crippen LogP) is 3.95. The highest BCUT2D eigenvalue weighted by molar-refractivity contribution is 7.98. The summed E-state index contributed by atoms with van der Waals surface area (Å²) in [5.41, 5.74) is 3.16. The lowest BCUT2D eigenvalue weighted by Crippen LogP contribution is -2.27. The van der Waals surface area contributed by atoms with E-state index in [0.29, 0.717) is 5.75 Å². The Balaban J connectivity index is 1.80. The zero-order valence-corrected chi connectivity index (χ0v) is 16.5. The van der Waals surface area contributed by atoms with Gasteiger partial charge in [-0.25, -0.2) is 15.0 Å². The average molecular weight is 369 g/mol. The van der Waals surface area contributed by atoms with Gasteiger partial charge in [-0.15, -0.1) is 0 Å². The SMILES string of the molecule is Cc1ccnc(SCc2nc3cc(NC(=O)C(C)(C)C)ccc3n2C)n1. The average Bonchev–Trinajstić information content (AvgIpc) is 2.88. The number of aryl methyl sites for hydroxylation is 2. The molecular weight excluding hydrogens is 346 g/mol. The van der Waals surface area contributed by atoms with Crippen molar-refractivity contribution in [1.82, 2.24) is 19.5 Å². The van der Waals surface area contributed by atoms with E-state index in [1.807, 2.05) is 59.0 Å². The van der Waals surface area contributed by atoms with Gasteiger partial charge >= 0.3 is 0 Å². The third-order valence-corrected chi connectivity index (χ3v) is 4.87. The van der Waals surface area contributed by atoms with E-state index >= 15 is 0 Å². The lowest BCUT2D eigenvalue weighted by molar-refractivity contribution is -0.123. The molecule has 1 aromatic carbocycles. The number of hydrogen-bond acceptors (Lipinski definition) is 5. The lowest BCUT2D eigenvalue weighted by Gasteiger charge is -2.17. The van der Waals surface area contributed by atoms with Gasteiger partial charge < -0.3 is 9.88 Å². The Labute approximate surface area is 157 Å². The first-order valence-corrected chi connectivity index (χ1v) is 9.42.